The van der Waals surface area contributed by atoms with E-state index >= 15 is 0 Å². The highest BCUT2D eigenvalue weighted by atomic mass is 35.5. The molecule has 1 saturated heterocycles. The van der Waals surface area contributed by atoms with Crippen LogP contribution in [0.4, 0.5) is 5.69 Å². The van der Waals surface area contributed by atoms with Gasteiger partial charge in [-0.25, -0.2) is 0 Å². The maximum atomic E-state index is 12.8. The van der Waals surface area contributed by atoms with Gasteiger partial charge >= 0.3 is 0 Å². The molecule has 0 saturated carbocycles. The lowest BCUT2D eigenvalue weighted by molar-refractivity contribution is -0.121. The first-order chi connectivity index (χ1) is 14.9. The second-order valence-corrected chi connectivity index (χ2v) is 8.08. The van der Waals surface area contributed by atoms with Crippen molar-refractivity contribution in [2.24, 2.45) is 5.92 Å². The molecule has 31 heavy (non-hydrogen) atoms. The third kappa shape index (κ3) is 5.64. The van der Waals surface area contributed by atoms with E-state index in [2.05, 4.69) is 5.32 Å². The molecule has 1 aliphatic heterocycles. The van der Waals surface area contributed by atoms with Crippen molar-refractivity contribution in [1.29, 1.82) is 0 Å². The van der Waals surface area contributed by atoms with Crippen LogP contribution in [0, 0.1) is 5.92 Å². The summed E-state index contributed by atoms with van der Waals surface area (Å²) in [5.74, 6) is -0.502. The van der Waals surface area contributed by atoms with E-state index in [0.717, 1.165) is 12.8 Å². The summed E-state index contributed by atoms with van der Waals surface area (Å²) in [5.41, 5.74) is 1.81. The van der Waals surface area contributed by atoms with Gasteiger partial charge in [0.05, 0.1) is 5.92 Å². The lowest BCUT2D eigenvalue weighted by Crippen LogP contribution is -2.43. The Labute approximate surface area is 188 Å². The Bertz CT molecular complexity index is 924. The predicted molar refractivity (Wildman–Crippen MR) is 122 cm³/mol. The first-order valence-electron chi connectivity index (χ1n) is 10.7. The second kappa shape index (κ2) is 10.4. The first kappa shape index (κ1) is 22.8. The van der Waals surface area contributed by atoms with E-state index in [-0.39, 0.29) is 23.6 Å². The largest absolute Gasteiger partial charge is 0.339 e. The highest BCUT2D eigenvalue weighted by Gasteiger charge is 2.29. The number of carbonyl (C=O) groups is 3. The van der Waals surface area contributed by atoms with Gasteiger partial charge in [0, 0.05) is 48.0 Å². The Morgan fingerprint density at radius 3 is 2.23 bits per heavy atom. The van der Waals surface area contributed by atoms with E-state index in [1.807, 2.05) is 13.8 Å². The molecule has 1 aliphatic rings. The zero-order chi connectivity index (χ0) is 22.4. The maximum absolute atomic E-state index is 12.8. The number of likely N-dealkylation sites (tertiary alicyclic amines) is 1. The summed E-state index contributed by atoms with van der Waals surface area (Å²) in [4.78, 5) is 41.4. The molecule has 0 spiro atoms. The quantitative estimate of drug-likeness (QED) is 0.726. The molecule has 164 valence electrons. The molecule has 7 heteroatoms. The van der Waals surface area contributed by atoms with E-state index in [4.69, 9.17) is 11.6 Å². The van der Waals surface area contributed by atoms with Crippen molar-refractivity contribution in [3.63, 3.8) is 0 Å². The van der Waals surface area contributed by atoms with E-state index in [0.29, 0.717) is 48.0 Å². The van der Waals surface area contributed by atoms with Crippen LogP contribution in [-0.4, -0.2) is 53.7 Å². The van der Waals surface area contributed by atoms with E-state index in [9.17, 15) is 14.4 Å². The lowest BCUT2D eigenvalue weighted by atomic mass is 9.96. The van der Waals surface area contributed by atoms with Gasteiger partial charge in [0.1, 0.15) is 0 Å². The standard InChI is InChI=1S/C24H28ClN3O3/c1-3-27(4-2)23(30)18-9-13-21(14-10-18)26-22(29)19-6-5-15-28(16-19)24(31)17-7-11-20(25)12-8-17/h7-14,19H,3-6,15-16H2,1-2H3,(H,26,29). The van der Waals surface area contributed by atoms with Crippen molar-refractivity contribution in [1.82, 2.24) is 9.80 Å². The molecule has 0 aromatic heterocycles. The second-order valence-electron chi connectivity index (χ2n) is 7.64. The van der Waals surface area contributed by atoms with Gasteiger partial charge in [-0.15, -0.1) is 0 Å². The van der Waals surface area contributed by atoms with Crippen molar-refractivity contribution in [2.45, 2.75) is 26.7 Å². The Balaban J connectivity index is 1.60. The molecule has 1 atom stereocenters. The molecule has 3 amide bonds. The number of hydrogen-bond donors (Lipinski definition) is 1. The minimum Gasteiger partial charge on any atom is -0.339 e. The molecule has 1 heterocycles. The zero-order valence-corrected chi connectivity index (χ0v) is 18.7. The number of nitrogens with zero attached hydrogens (tertiary/aromatic N) is 2. The van der Waals surface area contributed by atoms with Crippen LogP contribution in [0.2, 0.25) is 5.02 Å². The monoisotopic (exact) mass is 441 g/mol. The Kier molecular flexibility index (Phi) is 7.69. The molecule has 0 bridgehead atoms. The fourth-order valence-corrected chi connectivity index (χ4v) is 3.91. The van der Waals surface area contributed by atoms with E-state index < -0.39 is 0 Å². The van der Waals surface area contributed by atoms with Crippen LogP contribution in [0.1, 0.15) is 47.4 Å². The number of anilines is 1. The number of nitrogens with one attached hydrogen (secondary N) is 1. The summed E-state index contributed by atoms with van der Waals surface area (Å²) in [6.07, 6.45) is 1.50. The van der Waals surface area contributed by atoms with Crippen LogP contribution in [0.5, 0.6) is 0 Å². The third-order valence-electron chi connectivity index (χ3n) is 5.62. The average molecular weight is 442 g/mol. The van der Waals surface area contributed by atoms with Crippen LogP contribution in [0.15, 0.2) is 48.5 Å². The predicted octanol–water partition coefficient (Wildman–Crippen LogP) is 4.31. The molecule has 1 fully saturated rings. The van der Waals surface area contributed by atoms with Crippen LogP contribution >= 0.6 is 11.6 Å². The van der Waals surface area contributed by atoms with E-state index in [1.54, 1.807) is 58.3 Å². The summed E-state index contributed by atoms with van der Waals surface area (Å²) >= 11 is 5.90. The van der Waals surface area contributed by atoms with E-state index in [1.165, 1.54) is 0 Å². The van der Waals surface area contributed by atoms with Crippen molar-refractivity contribution in [3.8, 4) is 0 Å². The van der Waals surface area contributed by atoms with Gasteiger partial charge in [-0.05, 0) is 75.2 Å². The minimum absolute atomic E-state index is 0.0217. The number of benzene rings is 2. The Hall–Kier alpha value is -2.86. The number of halogens is 1. The van der Waals surface area contributed by atoms with Gasteiger partial charge in [0.15, 0.2) is 0 Å². The molecular weight excluding hydrogens is 414 g/mol. The minimum atomic E-state index is -0.276. The SMILES string of the molecule is CCN(CC)C(=O)c1ccc(NC(=O)C2CCCN(C(=O)c3ccc(Cl)cc3)C2)cc1. The summed E-state index contributed by atoms with van der Waals surface area (Å²) in [6.45, 7) is 6.21. The third-order valence-corrected chi connectivity index (χ3v) is 5.87. The van der Waals surface area contributed by atoms with Gasteiger partial charge < -0.3 is 15.1 Å². The lowest BCUT2D eigenvalue weighted by Gasteiger charge is -2.32. The van der Waals surface area contributed by atoms with Gasteiger partial charge in [-0.1, -0.05) is 11.6 Å². The van der Waals surface area contributed by atoms with Crippen LogP contribution in [0.3, 0.4) is 0 Å². The topological polar surface area (TPSA) is 69.7 Å². The Morgan fingerprint density at radius 2 is 1.61 bits per heavy atom. The fraction of sp³-hybridized carbons (Fsp3) is 0.375. The first-order valence-corrected chi connectivity index (χ1v) is 11.1. The number of hydrogen-bond acceptors (Lipinski definition) is 3. The molecule has 1 unspecified atom stereocenters. The highest BCUT2D eigenvalue weighted by molar-refractivity contribution is 6.30. The van der Waals surface area contributed by atoms with Crippen molar-refractivity contribution in [2.75, 3.05) is 31.5 Å². The number of carbonyl (C=O) groups excluding carboxylic acids is 3. The average Bonchev–Trinajstić information content (AvgIpc) is 2.80. The molecular formula is C24H28ClN3O3. The molecule has 2 aromatic carbocycles. The van der Waals surface area contributed by atoms with Gasteiger partial charge in [0.25, 0.3) is 11.8 Å². The van der Waals surface area contributed by atoms with Crippen molar-refractivity contribution >= 4 is 35.0 Å². The zero-order valence-electron chi connectivity index (χ0n) is 17.9. The maximum Gasteiger partial charge on any atom is 0.253 e. The smallest absolute Gasteiger partial charge is 0.253 e. The van der Waals surface area contributed by atoms with Crippen LogP contribution in [-0.2, 0) is 4.79 Å². The Morgan fingerprint density at radius 1 is 1.00 bits per heavy atom. The molecule has 0 radical (unpaired) electrons. The summed E-state index contributed by atoms with van der Waals surface area (Å²) in [6, 6.07) is 13.7. The van der Waals surface area contributed by atoms with Gasteiger partial charge in [-0.3, -0.25) is 14.4 Å². The highest BCUT2D eigenvalue weighted by Crippen LogP contribution is 2.22. The number of piperidine rings is 1. The summed E-state index contributed by atoms with van der Waals surface area (Å²) in [7, 11) is 0. The van der Waals surface area contributed by atoms with Crippen LogP contribution < -0.4 is 5.32 Å². The van der Waals surface area contributed by atoms with Crippen molar-refractivity contribution < 1.29 is 14.4 Å². The fourth-order valence-electron chi connectivity index (χ4n) is 3.78. The van der Waals surface area contributed by atoms with Gasteiger partial charge in [-0.2, -0.15) is 0 Å². The van der Waals surface area contributed by atoms with Crippen LogP contribution in [0.25, 0.3) is 0 Å². The molecule has 3 rings (SSSR count). The normalized spacial score (nSPS) is 16.0. The molecule has 1 N–H and O–H groups in total. The number of rotatable bonds is 6. The number of amides is 3. The summed E-state index contributed by atoms with van der Waals surface area (Å²) < 4.78 is 0. The van der Waals surface area contributed by atoms with Crippen molar-refractivity contribution in [3.05, 3.63) is 64.7 Å². The molecule has 6 nitrogen and oxygen atoms in total. The van der Waals surface area contributed by atoms with Gasteiger partial charge in [0.2, 0.25) is 5.91 Å². The molecule has 0 aliphatic carbocycles. The summed E-state index contributed by atoms with van der Waals surface area (Å²) in [5, 5.41) is 3.50. The molecule has 2 aromatic rings.